The van der Waals surface area contributed by atoms with Crippen molar-refractivity contribution in [3.05, 3.63) is 51.8 Å². The van der Waals surface area contributed by atoms with Crippen LogP contribution < -0.4 is 5.32 Å². The normalized spacial score (nSPS) is 19.1. The van der Waals surface area contributed by atoms with Gasteiger partial charge >= 0.3 is 0 Å². The lowest BCUT2D eigenvalue weighted by atomic mass is 9.91. The molecule has 1 N–H and O–H groups in total. The van der Waals surface area contributed by atoms with Gasteiger partial charge in [0, 0.05) is 48.5 Å². The predicted octanol–water partition coefficient (Wildman–Crippen LogP) is 3.83. The lowest BCUT2D eigenvalue weighted by Gasteiger charge is -2.25. The topological polar surface area (TPSA) is 50.2 Å². The number of rotatable bonds is 6. The Bertz CT molecular complexity index is 841. The minimum Gasteiger partial charge on any atom is -0.337 e. The highest BCUT2D eigenvalue weighted by atomic mass is 35.5. The van der Waals surface area contributed by atoms with Crippen LogP contribution in [0.15, 0.2) is 24.3 Å². The molecule has 1 aromatic heterocycles. The largest absolute Gasteiger partial charge is 0.337 e. The van der Waals surface area contributed by atoms with Crippen molar-refractivity contribution in [1.29, 1.82) is 0 Å². The molecule has 4 rings (SSSR count). The summed E-state index contributed by atoms with van der Waals surface area (Å²) < 4.78 is 2.09. The van der Waals surface area contributed by atoms with Gasteiger partial charge in [0.1, 0.15) is 0 Å². The van der Waals surface area contributed by atoms with Crippen molar-refractivity contribution < 1.29 is 4.79 Å². The summed E-state index contributed by atoms with van der Waals surface area (Å²) in [7, 11) is 0. The molecule has 1 saturated heterocycles. The summed E-state index contributed by atoms with van der Waals surface area (Å²) in [5.41, 5.74) is 4.23. The van der Waals surface area contributed by atoms with Crippen LogP contribution in [0.5, 0.6) is 0 Å². The van der Waals surface area contributed by atoms with Crippen molar-refractivity contribution in [2.45, 2.75) is 64.6 Å². The minimum atomic E-state index is 0.121. The van der Waals surface area contributed by atoms with Crippen molar-refractivity contribution in [2.75, 3.05) is 13.1 Å². The first-order valence-electron chi connectivity index (χ1n) is 10.5. The molecule has 1 atom stereocenters. The van der Waals surface area contributed by atoms with Gasteiger partial charge < -0.3 is 10.2 Å². The highest BCUT2D eigenvalue weighted by Crippen LogP contribution is 2.27. The Morgan fingerprint density at radius 1 is 1.29 bits per heavy atom. The fourth-order valence-corrected chi connectivity index (χ4v) is 4.60. The van der Waals surface area contributed by atoms with Gasteiger partial charge in [-0.1, -0.05) is 36.7 Å². The number of hydrogen-bond donors (Lipinski definition) is 1. The minimum absolute atomic E-state index is 0.121. The molecular formula is C22H29ClN4O. The summed E-state index contributed by atoms with van der Waals surface area (Å²) in [4.78, 5) is 15.1. The average Bonchev–Trinajstić information content (AvgIpc) is 3.36. The third-order valence-electron chi connectivity index (χ3n) is 5.92. The van der Waals surface area contributed by atoms with Gasteiger partial charge in [-0.2, -0.15) is 5.10 Å². The molecule has 2 aromatic rings. The van der Waals surface area contributed by atoms with Crippen molar-refractivity contribution in [3.8, 4) is 0 Å². The molecule has 2 aliphatic rings. The summed E-state index contributed by atoms with van der Waals surface area (Å²) >= 11 is 6.30. The zero-order valence-electron chi connectivity index (χ0n) is 16.6. The van der Waals surface area contributed by atoms with E-state index in [0.717, 1.165) is 80.9 Å². The molecule has 2 heterocycles. The standard InChI is InChI=1S/C22H29ClN4O/c1-2-11-27-20-10-9-17(24-15-16-7-3-4-8-19(16)23)14-18(20)21(25-27)22(28)26-12-5-6-13-26/h3-4,7-8,17,24H,2,5-6,9-15H2,1H3/t17-/m0/s1. The van der Waals surface area contributed by atoms with Gasteiger partial charge in [-0.15, -0.1) is 0 Å². The lowest BCUT2D eigenvalue weighted by Crippen LogP contribution is -2.35. The molecule has 28 heavy (non-hydrogen) atoms. The van der Waals surface area contributed by atoms with Crippen LogP contribution in [-0.2, 0) is 25.9 Å². The second-order valence-electron chi connectivity index (χ2n) is 7.91. The smallest absolute Gasteiger partial charge is 0.274 e. The first-order valence-corrected chi connectivity index (χ1v) is 10.9. The molecule has 0 spiro atoms. The zero-order valence-corrected chi connectivity index (χ0v) is 17.3. The van der Waals surface area contributed by atoms with E-state index in [9.17, 15) is 4.79 Å². The molecule has 0 bridgehead atoms. The number of carbonyl (C=O) groups excluding carboxylic acids is 1. The summed E-state index contributed by atoms with van der Waals surface area (Å²) in [5.74, 6) is 0.121. The summed E-state index contributed by atoms with van der Waals surface area (Å²) in [6, 6.07) is 8.30. The van der Waals surface area contributed by atoms with Crippen LogP contribution in [-0.4, -0.2) is 39.7 Å². The summed E-state index contributed by atoms with van der Waals surface area (Å²) in [5, 5.41) is 9.22. The third-order valence-corrected chi connectivity index (χ3v) is 6.29. The number of nitrogens with one attached hydrogen (secondary N) is 1. The van der Waals surface area contributed by atoms with Gasteiger partial charge in [0.2, 0.25) is 0 Å². The van der Waals surface area contributed by atoms with Crippen molar-refractivity contribution in [2.24, 2.45) is 0 Å². The second kappa shape index (κ2) is 8.66. The number of aromatic nitrogens is 2. The van der Waals surface area contributed by atoms with E-state index in [1.165, 1.54) is 5.69 Å². The van der Waals surface area contributed by atoms with Gasteiger partial charge in [0.15, 0.2) is 5.69 Å². The van der Waals surface area contributed by atoms with Crippen molar-refractivity contribution in [1.82, 2.24) is 20.0 Å². The molecule has 1 aromatic carbocycles. The Morgan fingerprint density at radius 3 is 2.82 bits per heavy atom. The number of fused-ring (bicyclic) bond motifs is 1. The number of amides is 1. The Kier molecular flexibility index (Phi) is 6.02. The predicted molar refractivity (Wildman–Crippen MR) is 112 cm³/mol. The number of likely N-dealkylation sites (tertiary alicyclic amines) is 1. The van der Waals surface area contributed by atoms with Gasteiger partial charge in [0.25, 0.3) is 5.91 Å². The summed E-state index contributed by atoms with van der Waals surface area (Å²) in [6.45, 7) is 5.52. The first-order chi connectivity index (χ1) is 13.7. The first kappa shape index (κ1) is 19.5. The van der Waals surface area contributed by atoms with Crippen LogP contribution in [0.1, 0.15) is 59.9 Å². The zero-order chi connectivity index (χ0) is 19.5. The fourth-order valence-electron chi connectivity index (χ4n) is 4.40. The number of halogens is 1. The maximum absolute atomic E-state index is 13.1. The third kappa shape index (κ3) is 3.96. The Balaban J connectivity index is 1.52. The maximum atomic E-state index is 13.1. The van der Waals surface area contributed by atoms with Crippen LogP contribution in [0.3, 0.4) is 0 Å². The fraction of sp³-hybridized carbons (Fsp3) is 0.545. The number of nitrogens with zero attached hydrogens (tertiary/aromatic N) is 3. The summed E-state index contributed by atoms with van der Waals surface area (Å²) in [6.07, 6.45) is 6.12. The van der Waals surface area contributed by atoms with Crippen LogP contribution in [0.25, 0.3) is 0 Å². The van der Waals surface area contributed by atoms with Crippen molar-refractivity contribution in [3.63, 3.8) is 0 Å². The highest BCUT2D eigenvalue weighted by Gasteiger charge is 2.31. The molecular weight excluding hydrogens is 372 g/mol. The van der Waals surface area contributed by atoms with E-state index in [2.05, 4.69) is 23.0 Å². The highest BCUT2D eigenvalue weighted by molar-refractivity contribution is 6.31. The molecule has 0 saturated carbocycles. The Hall–Kier alpha value is -1.85. The number of benzene rings is 1. The molecule has 1 aliphatic carbocycles. The lowest BCUT2D eigenvalue weighted by molar-refractivity contribution is 0.0784. The number of hydrogen-bond acceptors (Lipinski definition) is 3. The quantitative estimate of drug-likeness (QED) is 0.801. The van der Waals surface area contributed by atoms with Crippen LogP contribution >= 0.6 is 11.6 Å². The Labute approximate surface area is 172 Å². The molecule has 0 unspecified atom stereocenters. The SMILES string of the molecule is CCCn1nc(C(=O)N2CCCC2)c2c1CC[C@H](NCc1ccccc1Cl)C2. The van der Waals surface area contributed by atoms with Crippen LogP contribution in [0.4, 0.5) is 0 Å². The molecule has 5 nitrogen and oxygen atoms in total. The van der Waals surface area contributed by atoms with E-state index in [-0.39, 0.29) is 5.91 Å². The van der Waals surface area contributed by atoms with E-state index in [4.69, 9.17) is 16.7 Å². The van der Waals surface area contributed by atoms with Gasteiger partial charge in [0.05, 0.1) is 0 Å². The van der Waals surface area contributed by atoms with Gasteiger partial charge in [-0.25, -0.2) is 0 Å². The van der Waals surface area contributed by atoms with Gasteiger partial charge in [-0.05, 0) is 50.2 Å². The Morgan fingerprint density at radius 2 is 2.07 bits per heavy atom. The van der Waals surface area contributed by atoms with Crippen LogP contribution in [0, 0.1) is 0 Å². The molecule has 150 valence electrons. The second-order valence-corrected chi connectivity index (χ2v) is 8.32. The molecule has 0 radical (unpaired) electrons. The van der Waals surface area contributed by atoms with Crippen LogP contribution in [0.2, 0.25) is 5.02 Å². The monoisotopic (exact) mass is 400 g/mol. The molecule has 1 aliphatic heterocycles. The van der Waals surface area contributed by atoms with E-state index in [1.807, 2.05) is 23.1 Å². The number of carbonyl (C=O) groups is 1. The van der Waals surface area contributed by atoms with Gasteiger partial charge in [-0.3, -0.25) is 9.48 Å². The average molecular weight is 401 g/mol. The number of aryl methyl sites for hydroxylation is 1. The van der Waals surface area contributed by atoms with E-state index >= 15 is 0 Å². The van der Waals surface area contributed by atoms with E-state index in [0.29, 0.717) is 11.7 Å². The molecule has 1 fully saturated rings. The van der Waals surface area contributed by atoms with E-state index in [1.54, 1.807) is 0 Å². The van der Waals surface area contributed by atoms with E-state index < -0.39 is 0 Å². The maximum Gasteiger partial charge on any atom is 0.274 e. The molecule has 1 amide bonds. The van der Waals surface area contributed by atoms with Crippen molar-refractivity contribution >= 4 is 17.5 Å². The molecule has 6 heteroatoms.